The number of aromatic carboxylic acids is 1. The Morgan fingerprint density at radius 2 is 2.14 bits per heavy atom. The van der Waals surface area contributed by atoms with Crippen LogP contribution in [0.5, 0.6) is 0 Å². The highest BCUT2D eigenvalue weighted by atomic mass is 32.2. The number of rotatable bonds is 5. The Morgan fingerprint density at radius 1 is 1.43 bits per heavy atom. The molecule has 0 fully saturated rings. The van der Waals surface area contributed by atoms with Gasteiger partial charge < -0.3 is 5.11 Å². The molecule has 2 aromatic rings. The normalized spacial score (nSPS) is 13.0. The molecule has 1 unspecified atom stereocenters. The average molecular weight is 311 g/mol. The summed E-state index contributed by atoms with van der Waals surface area (Å²) in [6.07, 6.45) is 0. The number of aromatic nitrogens is 4. The van der Waals surface area contributed by atoms with E-state index in [2.05, 4.69) is 25.3 Å². The Morgan fingerprint density at radius 3 is 2.71 bits per heavy atom. The minimum absolute atomic E-state index is 0.0647. The van der Waals surface area contributed by atoms with Crippen molar-refractivity contribution in [2.75, 3.05) is 0 Å². The van der Waals surface area contributed by atoms with E-state index in [4.69, 9.17) is 5.11 Å². The molecule has 1 heterocycles. The number of benzene rings is 1. The van der Waals surface area contributed by atoms with Crippen molar-refractivity contribution in [2.45, 2.75) is 24.8 Å². The summed E-state index contributed by atoms with van der Waals surface area (Å²) in [7, 11) is -3.91. The molecule has 2 rings (SSSR count). The first kappa shape index (κ1) is 15.1. The van der Waals surface area contributed by atoms with Gasteiger partial charge >= 0.3 is 5.97 Å². The highest BCUT2D eigenvalue weighted by Crippen LogP contribution is 2.20. The highest BCUT2D eigenvalue weighted by molar-refractivity contribution is 7.89. The second-order valence-electron chi connectivity index (χ2n) is 4.35. The zero-order chi connectivity index (χ0) is 15.6. The molecule has 10 heteroatoms. The molecule has 0 aliphatic carbocycles. The van der Waals surface area contributed by atoms with Crippen LogP contribution in [0.3, 0.4) is 0 Å². The molecule has 0 saturated carbocycles. The summed E-state index contributed by atoms with van der Waals surface area (Å²) in [5.41, 5.74) is 0.0999. The molecule has 1 aromatic heterocycles. The Kier molecular flexibility index (Phi) is 4.00. The van der Waals surface area contributed by atoms with E-state index >= 15 is 0 Å². The van der Waals surface area contributed by atoms with E-state index in [0.717, 1.165) is 0 Å². The minimum Gasteiger partial charge on any atom is -0.478 e. The smallest absolute Gasteiger partial charge is 0.335 e. The molecule has 1 aromatic carbocycles. The van der Waals surface area contributed by atoms with E-state index < -0.39 is 22.0 Å². The van der Waals surface area contributed by atoms with Gasteiger partial charge in [0.2, 0.25) is 10.0 Å². The fourth-order valence-corrected chi connectivity index (χ4v) is 3.31. The predicted octanol–water partition coefficient (Wildman–Crippen LogP) is 0.246. The van der Waals surface area contributed by atoms with Gasteiger partial charge in [-0.05, 0) is 31.5 Å². The summed E-state index contributed by atoms with van der Waals surface area (Å²) in [6.45, 7) is 3.00. The lowest BCUT2D eigenvalue weighted by atomic mass is 10.1. The van der Waals surface area contributed by atoms with Gasteiger partial charge in [0.15, 0.2) is 5.82 Å². The quantitative estimate of drug-likeness (QED) is 0.719. The number of carbonyl (C=O) groups is 1. The molecule has 3 N–H and O–H groups in total. The molecule has 0 bridgehead atoms. The van der Waals surface area contributed by atoms with Gasteiger partial charge in [0.1, 0.15) is 0 Å². The van der Waals surface area contributed by atoms with Crippen LogP contribution in [0.25, 0.3) is 0 Å². The van der Waals surface area contributed by atoms with Crippen molar-refractivity contribution < 1.29 is 18.3 Å². The van der Waals surface area contributed by atoms with E-state index in [9.17, 15) is 13.2 Å². The number of carboxylic acids is 1. The van der Waals surface area contributed by atoms with Crippen LogP contribution in [0.15, 0.2) is 23.1 Å². The van der Waals surface area contributed by atoms with Crippen molar-refractivity contribution in [1.29, 1.82) is 0 Å². The lowest BCUT2D eigenvalue weighted by Gasteiger charge is -2.13. The number of tetrazole rings is 1. The number of hydrogen-bond donors (Lipinski definition) is 3. The van der Waals surface area contributed by atoms with Gasteiger partial charge in [-0.1, -0.05) is 11.3 Å². The predicted molar refractivity (Wildman–Crippen MR) is 71.1 cm³/mol. The summed E-state index contributed by atoms with van der Waals surface area (Å²) in [5, 5.41) is 22.0. The molecule has 1 atom stereocenters. The zero-order valence-corrected chi connectivity index (χ0v) is 12.0. The molecule has 112 valence electrons. The van der Waals surface area contributed by atoms with Crippen molar-refractivity contribution in [2.24, 2.45) is 0 Å². The summed E-state index contributed by atoms with van der Waals surface area (Å²) in [4.78, 5) is 11.0. The molecule has 0 radical (unpaired) electrons. The summed E-state index contributed by atoms with van der Waals surface area (Å²) < 4.78 is 27.1. The third-order valence-corrected chi connectivity index (χ3v) is 4.57. The molecule has 9 nitrogen and oxygen atoms in total. The number of hydrogen-bond acceptors (Lipinski definition) is 6. The Hall–Kier alpha value is -2.33. The first-order valence-electron chi connectivity index (χ1n) is 5.91. The van der Waals surface area contributed by atoms with Gasteiger partial charge in [-0.15, -0.1) is 10.2 Å². The van der Waals surface area contributed by atoms with Crippen molar-refractivity contribution in [3.63, 3.8) is 0 Å². The number of nitrogens with zero attached hydrogens (tertiary/aromatic N) is 3. The van der Waals surface area contributed by atoms with Gasteiger partial charge in [-0.3, -0.25) is 0 Å². The number of carboxylic acid groups (broad SMARTS) is 1. The zero-order valence-electron chi connectivity index (χ0n) is 11.2. The second-order valence-corrected chi connectivity index (χ2v) is 6.03. The molecule has 0 spiro atoms. The van der Waals surface area contributed by atoms with Crippen LogP contribution in [0.2, 0.25) is 0 Å². The van der Waals surface area contributed by atoms with Gasteiger partial charge in [0.05, 0.1) is 16.5 Å². The number of H-pyrrole nitrogens is 1. The van der Waals surface area contributed by atoms with Crippen molar-refractivity contribution in [3.8, 4) is 0 Å². The third-order valence-electron chi connectivity index (χ3n) is 2.88. The molecular weight excluding hydrogens is 298 g/mol. The van der Waals surface area contributed by atoms with E-state index in [1.54, 1.807) is 6.92 Å². The maximum Gasteiger partial charge on any atom is 0.335 e. The first-order valence-corrected chi connectivity index (χ1v) is 7.40. The topological polar surface area (TPSA) is 138 Å². The fraction of sp³-hybridized carbons (Fsp3) is 0.273. The molecule has 0 aliphatic rings. The van der Waals surface area contributed by atoms with Gasteiger partial charge in [0.25, 0.3) is 0 Å². The summed E-state index contributed by atoms with van der Waals surface area (Å²) in [6, 6.07) is 3.36. The second kappa shape index (κ2) is 5.58. The lowest BCUT2D eigenvalue weighted by Crippen LogP contribution is -2.28. The summed E-state index contributed by atoms with van der Waals surface area (Å²) in [5.74, 6) is -0.999. The van der Waals surface area contributed by atoms with E-state index in [1.807, 2.05) is 0 Å². The van der Waals surface area contributed by atoms with Crippen molar-refractivity contribution in [1.82, 2.24) is 25.3 Å². The Balaban J connectivity index is 2.36. The van der Waals surface area contributed by atoms with Gasteiger partial charge in [-0.25, -0.2) is 17.9 Å². The molecule has 21 heavy (non-hydrogen) atoms. The van der Waals surface area contributed by atoms with Crippen molar-refractivity contribution >= 4 is 16.0 Å². The van der Waals surface area contributed by atoms with E-state index in [0.29, 0.717) is 0 Å². The third kappa shape index (κ3) is 3.06. The minimum atomic E-state index is -3.91. The standard InChI is InChI=1S/C11H13N5O4S/c1-6-8(11(17)18)4-3-5-9(6)21(19,20)14-7(2)10-12-15-16-13-10/h3-5,7,14H,1-2H3,(H,17,18)(H,12,13,15,16). The average Bonchev–Trinajstić information content (AvgIpc) is 2.91. The lowest BCUT2D eigenvalue weighted by molar-refractivity contribution is 0.0696. The van der Waals surface area contributed by atoms with Crippen LogP contribution in [0.4, 0.5) is 0 Å². The van der Waals surface area contributed by atoms with Crippen LogP contribution in [-0.4, -0.2) is 40.1 Å². The highest BCUT2D eigenvalue weighted by Gasteiger charge is 2.24. The SMILES string of the molecule is Cc1c(C(=O)O)cccc1S(=O)(=O)NC(C)c1nn[nH]n1. The van der Waals surface area contributed by atoms with Crippen LogP contribution in [-0.2, 0) is 10.0 Å². The van der Waals surface area contributed by atoms with Gasteiger partial charge in [-0.2, -0.15) is 5.21 Å². The molecule has 0 aliphatic heterocycles. The van der Waals surface area contributed by atoms with E-state index in [-0.39, 0.29) is 21.8 Å². The van der Waals surface area contributed by atoms with Crippen LogP contribution >= 0.6 is 0 Å². The fourth-order valence-electron chi connectivity index (χ4n) is 1.84. The van der Waals surface area contributed by atoms with Crippen LogP contribution in [0, 0.1) is 6.92 Å². The molecule has 0 saturated heterocycles. The van der Waals surface area contributed by atoms with Crippen LogP contribution < -0.4 is 4.72 Å². The van der Waals surface area contributed by atoms with Gasteiger partial charge in [0, 0.05) is 0 Å². The number of aromatic amines is 1. The maximum absolute atomic E-state index is 12.3. The number of sulfonamides is 1. The van der Waals surface area contributed by atoms with Crippen molar-refractivity contribution in [3.05, 3.63) is 35.2 Å². The molecule has 0 amide bonds. The van der Waals surface area contributed by atoms with Crippen LogP contribution in [0.1, 0.15) is 34.7 Å². The maximum atomic E-state index is 12.3. The largest absolute Gasteiger partial charge is 0.478 e. The number of nitrogens with one attached hydrogen (secondary N) is 2. The first-order chi connectivity index (χ1) is 9.83. The summed E-state index contributed by atoms with van der Waals surface area (Å²) >= 11 is 0. The Bertz CT molecular complexity index is 757. The monoisotopic (exact) mass is 311 g/mol. The van der Waals surface area contributed by atoms with E-state index in [1.165, 1.54) is 25.1 Å². The Labute approximate surface area is 120 Å². The molecular formula is C11H13N5O4S.